The summed E-state index contributed by atoms with van der Waals surface area (Å²) in [6.07, 6.45) is 14.1. The number of allylic oxidation sites excluding steroid dienone is 5. The second kappa shape index (κ2) is 8.55. The number of aliphatic hydroxyl groups is 1. The van der Waals surface area contributed by atoms with Crippen LogP contribution in [0.25, 0.3) is 5.88 Å². The molecule has 0 bridgehead atoms. The maximum absolute atomic E-state index is 11.0. The number of hydrogen-bond acceptors (Lipinski definition) is 6. The molecule has 1 aliphatic carbocycles. The first-order chi connectivity index (χ1) is 15.7. The minimum Gasteiger partial charge on any atom is -0.493 e. The van der Waals surface area contributed by atoms with Crippen LogP contribution in [0.2, 0.25) is 0 Å². The SMILES string of the molecule is Cc1c(Nc2ccc(Oc3ccncc3)cc2)nn2c1N=CCC(C1=CCCC=C1)=C2O. The van der Waals surface area contributed by atoms with Gasteiger partial charge in [-0.15, -0.1) is 5.10 Å². The Labute approximate surface area is 186 Å². The van der Waals surface area contributed by atoms with Crippen molar-refractivity contribution in [3.05, 3.63) is 83.7 Å². The van der Waals surface area contributed by atoms with Crippen molar-refractivity contribution in [2.45, 2.75) is 26.2 Å². The summed E-state index contributed by atoms with van der Waals surface area (Å²) < 4.78 is 7.33. The molecule has 0 spiro atoms. The van der Waals surface area contributed by atoms with E-state index in [4.69, 9.17) is 4.74 Å². The largest absolute Gasteiger partial charge is 0.493 e. The van der Waals surface area contributed by atoms with Crippen molar-refractivity contribution in [2.75, 3.05) is 5.32 Å². The van der Waals surface area contributed by atoms with Crippen LogP contribution < -0.4 is 10.1 Å². The maximum atomic E-state index is 11.0. The zero-order valence-electron chi connectivity index (χ0n) is 17.7. The fourth-order valence-electron chi connectivity index (χ4n) is 3.72. The number of aliphatic imine (C=N–C) groups is 1. The molecule has 5 rings (SSSR count). The Bertz CT molecular complexity index is 1250. The molecule has 0 fully saturated rings. The van der Waals surface area contributed by atoms with Gasteiger partial charge in [0.1, 0.15) is 11.5 Å². The molecular weight excluding hydrogens is 402 g/mol. The third kappa shape index (κ3) is 3.92. The zero-order valence-corrected chi connectivity index (χ0v) is 17.7. The molecule has 1 aromatic carbocycles. The zero-order chi connectivity index (χ0) is 21.9. The van der Waals surface area contributed by atoms with Crippen molar-refractivity contribution in [3.8, 4) is 11.5 Å². The molecule has 32 heavy (non-hydrogen) atoms. The van der Waals surface area contributed by atoms with E-state index in [1.54, 1.807) is 12.4 Å². The molecule has 0 radical (unpaired) electrons. The second-order valence-corrected chi connectivity index (χ2v) is 7.60. The Morgan fingerprint density at radius 1 is 1.03 bits per heavy atom. The highest BCUT2D eigenvalue weighted by atomic mass is 16.5. The minimum atomic E-state index is 0.118. The summed E-state index contributed by atoms with van der Waals surface area (Å²) in [5.74, 6) is 2.84. The van der Waals surface area contributed by atoms with Gasteiger partial charge >= 0.3 is 0 Å². The van der Waals surface area contributed by atoms with Crippen LogP contribution >= 0.6 is 0 Å². The number of nitrogens with one attached hydrogen (secondary N) is 1. The van der Waals surface area contributed by atoms with E-state index in [-0.39, 0.29) is 5.88 Å². The first kappa shape index (κ1) is 19.8. The van der Waals surface area contributed by atoms with E-state index in [0.717, 1.165) is 46.7 Å². The van der Waals surface area contributed by atoms with Gasteiger partial charge in [-0.25, -0.2) is 4.99 Å². The molecule has 0 atom stereocenters. The summed E-state index contributed by atoms with van der Waals surface area (Å²) >= 11 is 0. The van der Waals surface area contributed by atoms with Gasteiger partial charge in [-0.1, -0.05) is 18.2 Å². The molecule has 2 N–H and O–H groups in total. The lowest BCUT2D eigenvalue weighted by Crippen LogP contribution is -2.04. The lowest BCUT2D eigenvalue weighted by molar-refractivity contribution is 0.455. The highest BCUT2D eigenvalue weighted by molar-refractivity contribution is 5.78. The van der Waals surface area contributed by atoms with Gasteiger partial charge < -0.3 is 15.2 Å². The van der Waals surface area contributed by atoms with E-state index in [9.17, 15) is 5.11 Å². The van der Waals surface area contributed by atoms with Crippen molar-refractivity contribution >= 4 is 29.4 Å². The van der Waals surface area contributed by atoms with Gasteiger partial charge in [0.05, 0.1) is 0 Å². The van der Waals surface area contributed by atoms with Gasteiger partial charge in [-0.3, -0.25) is 4.98 Å². The molecule has 2 aliphatic rings. The third-order valence-electron chi connectivity index (χ3n) is 5.42. The van der Waals surface area contributed by atoms with Crippen LogP contribution in [0.5, 0.6) is 11.5 Å². The predicted octanol–water partition coefficient (Wildman–Crippen LogP) is 6.23. The van der Waals surface area contributed by atoms with Crippen LogP contribution in [0.3, 0.4) is 0 Å². The molecule has 7 heteroatoms. The number of hydrogen-bond donors (Lipinski definition) is 2. The summed E-state index contributed by atoms with van der Waals surface area (Å²) in [7, 11) is 0. The summed E-state index contributed by atoms with van der Waals surface area (Å²) in [6.45, 7) is 1.94. The number of anilines is 2. The van der Waals surface area contributed by atoms with E-state index >= 15 is 0 Å². The molecule has 1 aliphatic heterocycles. The Balaban J connectivity index is 1.39. The Morgan fingerprint density at radius 2 is 1.81 bits per heavy atom. The van der Waals surface area contributed by atoms with Crippen LogP contribution in [-0.4, -0.2) is 26.1 Å². The van der Waals surface area contributed by atoms with Crippen LogP contribution in [-0.2, 0) is 0 Å². The molecule has 0 saturated carbocycles. The molecule has 7 nitrogen and oxygen atoms in total. The molecule has 3 heterocycles. The van der Waals surface area contributed by atoms with E-state index < -0.39 is 0 Å². The number of aliphatic hydroxyl groups excluding tert-OH is 1. The van der Waals surface area contributed by atoms with E-state index in [2.05, 4.69) is 38.6 Å². The van der Waals surface area contributed by atoms with Gasteiger partial charge in [-0.2, -0.15) is 4.68 Å². The van der Waals surface area contributed by atoms with E-state index in [1.165, 1.54) is 4.68 Å². The lowest BCUT2D eigenvalue weighted by atomic mass is 9.98. The quantitative estimate of drug-likeness (QED) is 0.506. The average molecular weight is 425 g/mol. The van der Waals surface area contributed by atoms with Crippen LogP contribution in [0.4, 0.5) is 17.3 Å². The number of aromatic nitrogens is 3. The van der Waals surface area contributed by atoms with Crippen LogP contribution in [0.1, 0.15) is 24.8 Å². The first-order valence-electron chi connectivity index (χ1n) is 10.6. The smallest absolute Gasteiger partial charge is 0.218 e. The van der Waals surface area contributed by atoms with Crippen molar-refractivity contribution < 1.29 is 9.84 Å². The number of rotatable bonds is 5. The fraction of sp³-hybridized carbons (Fsp3) is 0.160. The summed E-state index contributed by atoms with van der Waals surface area (Å²) in [5, 5.41) is 18.9. The first-order valence-corrected chi connectivity index (χ1v) is 10.6. The molecule has 0 amide bonds. The molecule has 0 saturated heterocycles. The Hall–Kier alpha value is -4.13. The predicted molar refractivity (Wildman–Crippen MR) is 126 cm³/mol. The van der Waals surface area contributed by atoms with Crippen molar-refractivity contribution in [1.82, 2.24) is 14.8 Å². The standard InChI is InChI=1S/C25H23N5O2/c1-17-23(28-19-7-9-20(10-8-19)32-21-11-14-26-15-12-21)29-30-24(17)27-16-13-22(25(30)31)18-5-3-2-4-6-18/h3,5-12,14-16,31H,2,4,13H2,1H3,(H,28,29). The van der Waals surface area contributed by atoms with E-state index in [1.807, 2.05) is 49.5 Å². The third-order valence-corrected chi connectivity index (χ3v) is 5.42. The fourth-order valence-corrected chi connectivity index (χ4v) is 3.72. The van der Waals surface area contributed by atoms with Gasteiger partial charge in [-0.05, 0) is 61.7 Å². The Morgan fingerprint density at radius 3 is 2.56 bits per heavy atom. The normalized spacial score (nSPS) is 15.2. The number of nitrogens with zero attached hydrogens (tertiary/aromatic N) is 4. The lowest BCUT2D eigenvalue weighted by Gasteiger charge is -2.12. The highest BCUT2D eigenvalue weighted by Crippen LogP contribution is 2.35. The van der Waals surface area contributed by atoms with Gasteiger partial charge in [0.2, 0.25) is 5.88 Å². The summed E-state index contributed by atoms with van der Waals surface area (Å²) in [4.78, 5) is 8.55. The second-order valence-electron chi connectivity index (χ2n) is 7.60. The van der Waals surface area contributed by atoms with Gasteiger partial charge in [0, 0.05) is 41.9 Å². The molecule has 2 aromatic heterocycles. The maximum Gasteiger partial charge on any atom is 0.218 e. The minimum absolute atomic E-state index is 0.118. The molecule has 3 aromatic rings. The average Bonchev–Trinajstić information content (AvgIpc) is 3.03. The monoisotopic (exact) mass is 425 g/mol. The molecule has 160 valence electrons. The summed E-state index contributed by atoms with van der Waals surface area (Å²) in [6, 6.07) is 11.2. The number of ether oxygens (including phenoxy) is 1. The van der Waals surface area contributed by atoms with Gasteiger partial charge in [0.25, 0.3) is 0 Å². The van der Waals surface area contributed by atoms with E-state index in [0.29, 0.717) is 18.1 Å². The van der Waals surface area contributed by atoms with Crippen molar-refractivity contribution in [3.63, 3.8) is 0 Å². The van der Waals surface area contributed by atoms with Crippen molar-refractivity contribution in [2.24, 2.45) is 4.99 Å². The number of fused-ring (bicyclic) bond motifs is 1. The molecule has 0 unspecified atom stereocenters. The van der Waals surface area contributed by atoms with Crippen molar-refractivity contribution in [1.29, 1.82) is 0 Å². The summed E-state index contributed by atoms with van der Waals surface area (Å²) in [5.41, 5.74) is 3.57. The topological polar surface area (TPSA) is 84.6 Å². The molecular formula is C25H23N5O2. The highest BCUT2D eigenvalue weighted by Gasteiger charge is 2.22. The number of pyridine rings is 1. The number of benzene rings is 1. The van der Waals surface area contributed by atoms with Gasteiger partial charge in [0.15, 0.2) is 11.6 Å². The van der Waals surface area contributed by atoms with Crippen LogP contribution in [0.15, 0.2) is 83.2 Å². The Kier molecular flexibility index (Phi) is 5.29. The van der Waals surface area contributed by atoms with Crippen LogP contribution in [0, 0.1) is 6.92 Å².